The molecular weight excluding hydrogens is 545 g/mol. The van der Waals surface area contributed by atoms with Gasteiger partial charge in [0.15, 0.2) is 0 Å². The molecule has 0 aromatic heterocycles. The number of nitrogens with one attached hydrogen (secondary N) is 2. The SMILES string of the molecule is C=CCN1CN(c2ccccc2)C2(CCN(C(=O)NCC(NC(=O)c3c(Cl)cccc3Cl)C(=O)O)CC2)C1=O. The molecule has 2 saturated heterocycles. The Morgan fingerprint density at radius 3 is 2.28 bits per heavy atom. The number of benzene rings is 2. The highest BCUT2D eigenvalue weighted by atomic mass is 35.5. The lowest BCUT2D eigenvalue weighted by Gasteiger charge is -2.43. The molecule has 2 fully saturated rings. The van der Waals surface area contributed by atoms with Gasteiger partial charge in [0.1, 0.15) is 11.6 Å². The summed E-state index contributed by atoms with van der Waals surface area (Å²) in [5.41, 5.74) is 0.0934. The second-order valence-electron chi connectivity index (χ2n) is 9.39. The number of aliphatic carboxylic acids is 1. The highest BCUT2D eigenvalue weighted by Crippen LogP contribution is 2.39. The predicted molar refractivity (Wildman–Crippen MR) is 148 cm³/mol. The maximum atomic E-state index is 13.5. The predicted octanol–water partition coefficient (Wildman–Crippen LogP) is 3.21. The normalized spacial score (nSPS) is 17.2. The van der Waals surface area contributed by atoms with Crippen molar-refractivity contribution < 1.29 is 24.3 Å². The minimum Gasteiger partial charge on any atom is -0.480 e. The monoisotopic (exact) mass is 573 g/mol. The number of urea groups is 1. The molecule has 1 spiro atoms. The van der Waals surface area contributed by atoms with E-state index in [0.717, 1.165) is 5.69 Å². The van der Waals surface area contributed by atoms with Gasteiger partial charge >= 0.3 is 12.0 Å². The standard InChI is InChI=1S/C27H29Cl2N5O5/c1-2-13-33-17-34(18-7-4-3-5-8-18)27(25(33)38)11-14-32(15-12-27)26(39)30-16-21(24(36)37)31-23(35)22-19(28)9-6-10-20(22)29/h2-10,21H,1,11-17H2,(H,30,39)(H,31,35)(H,36,37). The Morgan fingerprint density at radius 1 is 1.05 bits per heavy atom. The lowest BCUT2D eigenvalue weighted by molar-refractivity contribution is -0.139. The summed E-state index contributed by atoms with van der Waals surface area (Å²) in [4.78, 5) is 56.2. The van der Waals surface area contributed by atoms with E-state index in [1.54, 1.807) is 21.9 Å². The zero-order valence-electron chi connectivity index (χ0n) is 21.1. The molecule has 0 aliphatic carbocycles. The van der Waals surface area contributed by atoms with E-state index in [1.807, 2.05) is 30.3 Å². The van der Waals surface area contributed by atoms with Gasteiger partial charge in [-0.05, 0) is 37.1 Å². The number of rotatable bonds is 8. The molecule has 2 aromatic carbocycles. The van der Waals surface area contributed by atoms with E-state index in [0.29, 0.717) is 39.1 Å². The minimum atomic E-state index is -1.41. The number of carbonyl (C=O) groups excluding carboxylic acids is 3. The van der Waals surface area contributed by atoms with Crippen molar-refractivity contribution in [2.45, 2.75) is 24.4 Å². The van der Waals surface area contributed by atoms with Gasteiger partial charge < -0.3 is 30.4 Å². The Balaban J connectivity index is 1.39. The number of para-hydroxylation sites is 1. The van der Waals surface area contributed by atoms with Crippen molar-refractivity contribution in [2.24, 2.45) is 0 Å². The van der Waals surface area contributed by atoms with Crippen molar-refractivity contribution in [2.75, 3.05) is 37.7 Å². The lowest BCUT2D eigenvalue weighted by Crippen LogP contribution is -2.59. The molecule has 2 aliphatic heterocycles. The van der Waals surface area contributed by atoms with Crippen LogP contribution < -0.4 is 15.5 Å². The Bertz CT molecular complexity index is 1250. The van der Waals surface area contributed by atoms with E-state index >= 15 is 0 Å². The van der Waals surface area contributed by atoms with Crippen LogP contribution in [-0.2, 0) is 9.59 Å². The van der Waals surface area contributed by atoms with Crippen LogP contribution in [0.3, 0.4) is 0 Å². The number of carboxylic acids is 1. The van der Waals surface area contributed by atoms with E-state index in [2.05, 4.69) is 22.1 Å². The Labute approximate surface area is 236 Å². The highest BCUT2D eigenvalue weighted by Gasteiger charge is 2.53. The summed E-state index contributed by atoms with van der Waals surface area (Å²) >= 11 is 12.1. The number of piperidine rings is 1. The first-order valence-corrected chi connectivity index (χ1v) is 13.2. The van der Waals surface area contributed by atoms with Crippen LogP contribution >= 0.6 is 23.2 Å². The number of anilines is 1. The molecule has 0 saturated carbocycles. The average Bonchev–Trinajstić information content (AvgIpc) is 3.18. The third-order valence-electron chi connectivity index (χ3n) is 7.06. The van der Waals surface area contributed by atoms with E-state index in [1.165, 1.54) is 12.1 Å². The summed E-state index contributed by atoms with van der Waals surface area (Å²) in [5.74, 6) is -2.10. The van der Waals surface area contributed by atoms with Crippen LogP contribution in [0.4, 0.5) is 10.5 Å². The van der Waals surface area contributed by atoms with Crippen molar-refractivity contribution in [3.63, 3.8) is 0 Å². The molecule has 12 heteroatoms. The second-order valence-corrected chi connectivity index (χ2v) is 10.2. The smallest absolute Gasteiger partial charge is 0.328 e. The molecule has 0 radical (unpaired) electrons. The molecule has 2 heterocycles. The van der Waals surface area contributed by atoms with Crippen LogP contribution in [0.1, 0.15) is 23.2 Å². The first-order chi connectivity index (χ1) is 18.7. The maximum Gasteiger partial charge on any atom is 0.328 e. The third-order valence-corrected chi connectivity index (χ3v) is 7.69. The first kappa shape index (κ1) is 28.3. The quantitative estimate of drug-likeness (QED) is 0.417. The fourth-order valence-electron chi connectivity index (χ4n) is 5.02. The number of carbonyl (C=O) groups is 4. The van der Waals surface area contributed by atoms with E-state index in [9.17, 15) is 24.3 Å². The second kappa shape index (κ2) is 12.0. The van der Waals surface area contributed by atoms with Gasteiger partial charge in [-0.3, -0.25) is 9.59 Å². The van der Waals surface area contributed by atoms with Gasteiger partial charge in [0.2, 0.25) is 5.91 Å². The van der Waals surface area contributed by atoms with Gasteiger partial charge in [-0.15, -0.1) is 6.58 Å². The van der Waals surface area contributed by atoms with Crippen molar-refractivity contribution in [3.05, 3.63) is 76.8 Å². The molecule has 3 N–H and O–H groups in total. The third kappa shape index (κ3) is 5.81. The van der Waals surface area contributed by atoms with Crippen molar-refractivity contribution in [1.29, 1.82) is 0 Å². The van der Waals surface area contributed by atoms with Crippen molar-refractivity contribution in [1.82, 2.24) is 20.4 Å². The zero-order valence-corrected chi connectivity index (χ0v) is 22.6. The molecule has 1 unspecified atom stereocenters. The van der Waals surface area contributed by atoms with Gasteiger partial charge in [0.05, 0.1) is 28.8 Å². The van der Waals surface area contributed by atoms with Crippen LogP contribution in [0.25, 0.3) is 0 Å². The topological polar surface area (TPSA) is 122 Å². The zero-order chi connectivity index (χ0) is 28.2. The molecule has 2 aliphatic rings. The van der Waals surface area contributed by atoms with E-state index < -0.39 is 29.5 Å². The van der Waals surface area contributed by atoms with E-state index in [4.69, 9.17) is 23.2 Å². The lowest BCUT2D eigenvalue weighted by atomic mass is 9.85. The number of hydrogen-bond donors (Lipinski definition) is 3. The number of hydrogen-bond acceptors (Lipinski definition) is 5. The van der Waals surface area contributed by atoms with Crippen LogP contribution in [0.5, 0.6) is 0 Å². The molecule has 0 bridgehead atoms. The molecular formula is C27H29Cl2N5O5. The minimum absolute atomic E-state index is 0.00167. The van der Waals surface area contributed by atoms with Gasteiger partial charge in [-0.2, -0.15) is 0 Å². The van der Waals surface area contributed by atoms with Gasteiger partial charge in [-0.25, -0.2) is 9.59 Å². The summed E-state index contributed by atoms with van der Waals surface area (Å²) in [5, 5.41) is 14.7. The largest absolute Gasteiger partial charge is 0.480 e. The van der Waals surface area contributed by atoms with Crippen LogP contribution in [-0.4, -0.2) is 83.1 Å². The summed E-state index contributed by atoms with van der Waals surface area (Å²) in [7, 11) is 0. The van der Waals surface area contributed by atoms with Gasteiger partial charge in [-0.1, -0.05) is 53.5 Å². The Hall–Kier alpha value is -3.76. The van der Waals surface area contributed by atoms with Crippen molar-refractivity contribution in [3.8, 4) is 0 Å². The Kier molecular flexibility index (Phi) is 8.66. The maximum absolute atomic E-state index is 13.5. The van der Waals surface area contributed by atoms with Gasteiger partial charge in [0, 0.05) is 25.3 Å². The van der Waals surface area contributed by atoms with E-state index in [-0.39, 0.29) is 28.1 Å². The number of carboxylic acid groups (broad SMARTS) is 1. The molecule has 4 amide bonds. The van der Waals surface area contributed by atoms with Crippen LogP contribution in [0.15, 0.2) is 61.2 Å². The van der Waals surface area contributed by atoms with Gasteiger partial charge in [0.25, 0.3) is 5.91 Å². The molecule has 206 valence electrons. The average molecular weight is 574 g/mol. The van der Waals surface area contributed by atoms with Crippen molar-refractivity contribution >= 4 is 52.7 Å². The summed E-state index contributed by atoms with van der Waals surface area (Å²) in [6.45, 7) is 4.85. The van der Waals surface area contributed by atoms with Crippen LogP contribution in [0.2, 0.25) is 10.0 Å². The summed E-state index contributed by atoms with van der Waals surface area (Å²) in [6.07, 6.45) is 2.51. The number of halogens is 2. The fourth-order valence-corrected chi connectivity index (χ4v) is 5.59. The molecule has 4 rings (SSSR count). The molecule has 10 nitrogen and oxygen atoms in total. The fraction of sp³-hybridized carbons (Fsp3) is 0.333. The number of amides is 4. The molecule has 39 heavy (non-hydrogen) atoms. The molecule has 2 aromatic rings. The summed E-state index contributed by atoms with van der Waals surface area (Å²) < 4.78 is 0. The Morgan fingerprint density at radius 2 is 1.69 bits per heavy atom. The highest BCUT2D eigenvalue weighted by molar-refractivity contribution is 6.39. The van der Waals surface area contributed by atoms with Crippen LogP contribution in [0, 0.1) is 0 Å². The number of nitrogens with zero attached hydrogens (tertiary/aromatic N) is 3. The summed E-state index contributed by atoms with van der Waals surface area (Å²) in [6, 6.07) is 12.3. The first-order valence-electron chi connectivity index (χ1n) is 12.4. The molecule has 1 atom stereocenters. The number of likely N-dealkylation sites (tertiary alicyclic amines) is 1.